The van der Waals surface area contributed by atoms with Crippen LogP contribution in [-0.2, 0) is 4.79 Å². The van der Waals surface area contributed by atoms with Crippen molar-refractivity contribution in [1.29, 1.82) is 0 Å². The van der Waals surface area contributed by atoms with Crippen LogP contribution in [0.2, 0.25) is 5.02 Å². The smallest absolute Gasteiger partial charge is 0.220 e. The highest BCUT2D eigenvalue weighted by Gasteiger charge is 2.12. The molecule has 2 aromatic carbocycles. The standard InChI is InChI=1S/C21H26ClNO2/c1-14-12-16(3)20(13-15(14)2)17(4)23-21(24)6-5-11-25-19-9-7-18(22)8-10-19/h7-10,12-13,17H,5-6,11H2,1-4H3,(H,23,24)/t17-/m1/s1. The lowest BCUT2D eigenvalue weighted by atomic mass is 9.96. The van der Waals surface area contributed by atoms with E-state index in [1.165, 1.54) is 22.3 Å². The molecular formula is C21H26ClNO2. The zero-order chi connectivity index (χ0) is 18.4. The Morgan fingerprint density at radius 1 is 1.08 bits per heavy atom. The van der Waals surface area contributed by atoms with E-state index in [0.29, 0.717) is 24.5 Å². The maximum absolute atomic E-state index is 12.2. The molecule has 134 valence electrons. The lowest BCUT2D eigenvalue weighted by Gasteiger charge is -2.18. The van der Waals surface area contributed by atoms with Crippen molar-refractivity contribution in [3.8, 4) is 5.75 Å². The molecule has 0 bridgehead atoms. The number of carbonyl (C=O) groups is 1. The summed E-state index contributed by atoms with van der Waals surface area (Å²) >= 11 is 5.83. The van der Waals surface area contributed by atoms with Gasteiger partial charge in [0.25, 0.3) is 0 Å². The number of rotatable bonds is 7. The molecule has 2 aromatic rings. The molecule has 0 aliphatic carbocycles. The van der Waals surface area contributed by atoms with E-state index in [-0.39, 0.29) is 11.9 Å². The van der Waals surface area contributed by atoms with Gasteiger partial charge in [0, 0.05) is 11.4 Å². The van der Waals surface area contributed by atoms with Gasteiger partial charge in [-0.05, 0) is 80.6 Å². The highest BCUT2D eigenvalue weighted by atomic mass is 35.5. The fourth-order valence-corrected chi connectivity index (χ4v) is 2.92. The fraction of sp³-hybridized carbons (Fsp3) is 0.381. The van der Waals surface area contributed by atoms with E-state index >= 15 is 0 Å². The van der Waals surface area contributed by atoms with Crippen LogP contribution in [0.1, 0.15) is 48.1 Å². The highest BCUT2D eigenvalue weighted by Crippen LogP contribution is 2.22. The molecule has 3 nitrogen and oxygen atoms in total. The Kier molecular flexibility index (Phi) is 6.89. The minimum Gasteiger partial charge on any atom is -0.494 e. The van der Waals surface area contributed by atoms with Crippen molar-refractivity contribution in [3.63, 3.8) is 0 Å². The average molecular weight is 360 g/mol. The van der Waals surface area contributed by atoms with Crippen LogP contribution in [0.25, 0.3) is 0 Å². The quantitative estimate of drug-likeness (QED) is 0.681. The molecule has 0 aromatic heterocycles. The number of nitrogens with one attached hydrogen (secondary N) is 1. The maximum Gasteiger partial charge on any atom is 0.220 e. The molecular weight excluding hydrogens is 334 g/mol. The minimum absolute atomic E-state index is 0.00369. The molecule has 1 amide bonds. The van der Waals surface area contributed by atoms with Crippen molar-refractivity contribution >= 4 is 17.5 Å². The number of aryl methyl sites for hydroxylation is 3. The van der Waals surface area contributed by atoms with Crippen LogP contribution in [0.4, 0.5) is 0 Å². The third kappa shape index (κ3) is 5.79. The zero-order valence-corrected chi connectivity index (χ0v) is 16.1. The fourth-order valence-electron chi connectivity index (χ4n) is 2.79. The number of carbonyl (C=O) groups excluding carboxylic acids is 1. The monoisotopic (exact) mass is 359 g/mol. The SMILES string of the molecule is Cc1cc(C)c([C@@H](C)NC(=O)CCCOc2ccc(Cl)cc2)cc1C. The van der Waals surface area contributed by atoms with Crippen LogP contribution >= 0.6 is 11.6 Å². The van der Waals surface area contributed by atoms with E-state index in [1.54, 1.807) is 12.1 Å². The van der Waals surface area contributed by atoms with E-state index < -0.39 is 0 Å². The Labute approximate surface area is 155 Å². The maximum atomic E-state index is 12.2. The third-order valence-corrected chi connectivity index (χ3v) is 4.61. The van der Waals surface area contributed by atoms with Gasteiger partial charge in [-0.25, -0.2) is 0 Å². The molecule has 0 saturated heterocycles. The first-order valence-corrected chi connectivity index (χ1v) is 9.00. The Bertz CT molecular complexity index is 725. The zero-order valence-electron chi connectivity index (χ0n) is 15.4. The number of hydrogen-bond donors (Lipinski definition) is 1. The Hall–Kier alpha value is -2.00. The van der Waals surface area contributed by atoms with Gasteiger partial charge in [-0.15, -0.1) is 0 Å². The van der Waals surface area contributed by atoms with Crippen molar-refractivity contribution < 1.29 is 9.53 Å². The Morgan fingerprint density at radius 3 is 2.40 bits per heavy atom. The Balaban J connectivity index is 1.78. The van der Waals surface area contributed by atoms with E-state index in [4.69, 9.17) is 16.3 Å². The molecule has 0 fully saturated rings. The average Bonchev–Trinajstić information content (AvgIpc) is 2.56. The molecule has 4 heteroatoms. The number of halogens is 1. The summed E-state index contributed by atoms with van der Waals surface area (Å²) in [6, 6.07) is 11.6. The normalized spacial score (nSPS) is 11.9. The lowest BCUT2D eigenvalue weighted by molar-refractivity contribution is -0.121. The number of hydrogen-bond acceptors (Lipinski definition) is 2. The summed E-state index contributed by atoms with van der Waals surface area (Å²) in [5.41, 5.74) is 4.91. The second-order valence-electron chi connectivity index (χ2n) is 6.49. The van der Waals surface area contributed by atoms with Crippen molar-refractivity contribution in [2.45, 2.75) is 46.6 Å². The summed E-state index contributed by atoms with van der Waals surface area (Å²) < 4.78 is 5.61. The Morgan fingerprint density at radius 2 is 1.72 bits per heavy atom. The minimum atomic E-state index is 0.00369. The molecule has 0 radical (unpaired) electrons. The van der Waals surface area contributed by atoms with Crippen molar-refractivity contribution in [2.75, 3.05) is 6.61 Å². The van der Waals surface area contributed by atoms with Gasteiger partial charge in [0.15, 0.2) is 0 Å². The van der Waals surface area contributed by atoms with Crippen LogP contribution in [0.5, 0.6) is 5.75 Å². The predicted octanol–water partition coefficient (Wildman–Crippen LogP) is 5.30. The number of amides is 1. The molecule has 0 heterocycles. The van der Waals surface area contributed by atoms with Crippen molar-refractivity contribution in [3.05, 3.63) is 63.7 Å². The first kappa shape index (κ1) is 19.3. The largest absolute Gasteiger partial charge is 0.494 e. The molecule has 0 spiro atoms. The van der Waals surface area contributed by atoms with Crippen molar-refractivity contribution in [2.24, 2.45) is 0 Å². The molecule has 1 atom stereocenters. The second-order valence-corrected chi connectivity index (χ2v) is 6.92. The van der Waals surface area contributed by atoms with Crippen molar-refractivity contribution in [1.82, 2.24) is 5.32 Å². The molecule has 0 aliphatic rings. The summed E-state index contributed by atoms with van der Waals surface area (Å²) in [6.45, 7) is 8.83. The second kappa shape index (κ2) is 8.91. The van der Waals surface area contributed by atoms with Gasteiger partial charge in [0.05, 0.1) is 12.6 Å². The van der Waals surface area contributed by atoms with E-state index in [0.717, 1.165) is 5.75 Å². The van der Waals surface area contributed by atoms with Crippen LogP contribution in [0.3, 0.4) is 0 Å². The van der Waals surface area contributed by atoms with Gasteiger partial charge < -0.3 is 10.1 Å². The summed E-state index contributed by atoms with van der Waals surface area (Å²) in [7, 11) is 0. The third-order valence-electron chi connectivity index (χ3n) is 4.36. The van der Waals surface area contributed by atoms with Gasteiger partial charge in [-0.1, -0.05) is 23.7 Å². The molecule has 0 saturated carbocycles. The molecule has 25 heavy (non-hydrogen) atoms. The number of benzene rings is 2. The molecule has 2 rings (SSSR count). The summed E-state index contributed by atoms with van der Waals surface area (Å²) in [6.07, 6.45) is 1.12. The van der Waals surface area contributed by atoms with Gasteiger partial charge in [0.2, 0.25) is 5.91 Å². The first-order chi connectivity index (χ1) is 11.9. The summed E-state index contributed by atoms with van der Waals surface area (Å²) in [4.78, 5) is 12.2. The van der Waals surface area contributed by atoms with E-state index in [9.17, 15) is 4.79 Å². The van der Waals surface area contributed by atoms with Gasteiger partial charge in [-0.2, -0.15) is 0 Å². The van der Waals surface area contributed by atoms with Gasteiger partial charge in [0.1, 0.15) is 5.75 Å². The van der Waals surface area contributed by atoms with Crippen LogP contribution < -0.4 is 10.1 Å². The lowest BCUT2D eigenvalue weighted by Crippen LogP contribution is -2.27. The summed E-state index contributed by atoms with van der Waals surface area (Å²) in [5.74, 6) is 0.814. The van der Waals surface area contributed by atoms with E-state index in [1.807, 2.05) is 19.1 Å². The predicted molar refractivity (Wildman–Crippen MR) is 103 cm³/mol. The molecule has 0 unspecified atom stereocenters. The highest BCUT2D eigenvalue weighted by molar-refractivity contribution is 6.30. The van der Waals surface area contributed by atoms with Gasteiger partial charge in [-0.3, -0.25) is 4.79 Å². The van der Waals surface area contributed by atoms with Crippen LogP contribution in [-0.4, -0.2) is 12.5 Å². The number of ether oxygens (including phenoxy) is 1. The topological polar surface area (TPSA) is 38.3 Å². The molecule has 1 N–H and O–H groups in total. The van der Waals surface area contributed by atoms with Crippen LogP contribution in [0.15, 0.2) is 36.4 Å². The van der Waals surface area contributed by atoms with Gasteiger partial charge >= 0.3 is 0 Å². The summed E-state index contributed by atoms with van der Waals surface area (Å²) in [5, 5.41) is 3.76. The molecule has 0 aliphatic heterocycles. The first-order valence-electron chi connectivity index (χ1n) is 8.62. The van der Waals surface area contributed by atoms with Crippen LogP contribution in [0, 0.1) is 20.8 Å². The van der Waals surface area contributed by atoms with E-state index in [2.05, 4.69) is 38.2 Å².